The molecule has 1 heterocycles. The lowest BCUT2D eigenvalue weighted by atomic mass is 10.1. The van der Waals surface area contributed by atoms with Gasteiger partial charge in [0.05, 0.1) is 0 Å². The van der Waals surface area contributed by atoms with Crippen LogP contribution in [0.25, 0.3) is 11.0 Å². The van der Waals surface area contributed by atoms with Crippen LogP contribution in [0.3, 0.4) is 0 Å². The first-order valence-electron chi connectivity index (χ1n) is 5.72. The van der Waals surface area contributed by atoms with E-state index >= 15 is 0 Å². The van der Waals surface area contributed by atoms with Crippen LogP contribution in [0.15, 0.2) is 39.5 Å². The summed E-state index contributed by atoms with van der Waals surface area (Å²) in [6.07, 6.45) is 0. The van der Waals surface area contributed by atoms with Gasteiger partial charge in [0.25, 0.3) is 5.91 Å². The number of amides is 1. The molecular weight excluding hydrogens is 230 g/mol. The van der Waals surface area contributed by atoms with Crippen molar-refractivity contribution in [2.75, 3.05) is 0 Å². The molecule has 1 amide bonds. The molecule has 0 radical (unpaired) electrons. The molecule has 0 saturated carbocycles. The highest BCUT2D eigenvalue weighted by molar-refractivity contribution is 5.96. The molecule has 2 aromatic rings. The summed E-state index contributed by atoms with van der Waals surface area (Å²) in [5.74, 6) is -0.415. The maximum Gasteiger partial charge on any atom is 0.349 e. The number of carbonyl (C=O) groups is 1. The molecule has 94 valence electrons. The highest BCUT2D eigenvalue weighted by Crippen LogP contribution is 2.13. The SMILES string of the molecule is CC(C)(C)NC(=O)c1cc2ccccc2oc1=O. The highest BCUT2D eigenvalue weighted by atomic mass is 16.4. The summed E-state index contributed by atoms with van der Waals surface area (Å²) in [5, 5.41) is 3.47. The second-order valence-electron chi connectivity index (χ2n) is 5.19. The standard InChI is InChI=1S/C14H15NO3/c1-14(2,3)15-12(16)10-8-9-6-4-5-7-11(9)18-13(10)17/h4-8H,1-3H3,(H,15,16). The molecule has 2 rings (SSSR count). The Hall–Kier alpha value is -2.10. The zero-order chi connectivity index (χ0) is 13.3. The lowest BCUT2D eigenvalue weighted by Crippen LogP contribution is -2.42. The van der Waals surface area contributed by atoms with Gasteiger partial charge in [0, 0.05) is 10.9 Å². The smallest absolute Gasteiger partial charge is 0.349 e. The molecule has 18 heavy (non-hydrogen) atoms. The second kappa shape index (κ2) is 4.29. The molecule has 0 aliphatic rings. The highest BCUT2D eigenvalue weighted by Gasteiger charge is 2.19. The van der Waals surface area contributed by atoms with Gasteiger partial charge in [-0.2, -0.15) is 0 Å². The molecule has 1 aromatic carbocycles. The summed E-state index contributed by atoms with van der Waals surface area (Å²) in [5.41, 5.74) is -0.497. The second-order valence-corrected chi connectivity index (χ2v) is 5.19. The predicted octanol–water partition coefficient (Wildman–Crippen LogP) is 2.32. The molecule has 0 saturated heterocycles. The Balaban J connectivity index is 2.48. The van der Waals surface area contributed by atoms with Crippen molar-refractivity contribution in [2.24, 2.45) is 0 Å². The van der Waals surface area contributed by atoms with Gasteiger partial charge in [0.2, 0.25) is 0 Å². The van der Waals surface area contributed by atoms with E-state index in [0.29, 0.717) is 5.58 Å². The fourth-order valence-corrected chi connectivity index (χ4v) is 1.63. The van der Waals surface area contributed by atoms with Crippen molar-refractivity contribution >= 4 is 16.9 Å². The van der Waals surface area contributed by atoms with Crippen molar-refractivity contribution in [3.05, 3.63) is 46.3 Å². The van der Waals surface area contributed by atoms with Crippen LogP contribution >= 0.6 is 0 Å². The number of hydrogen-bond donors (Lipinski definition) is 1. The van der Waals surface area contributed by atoms with E-state index in [0.717, 1.165) is 5.39 Å². The Bertz CT molecular complexity index is 650. The van der Waals surface area contributed by atoms with Crippen LogP contribution in [-0.2, 0) is 0 Å². The van der Waals surface area contributed by atoms with E-state index in [1.807, 2.05) is 26.8 Å². The van der Waals surface area contributed by atoms with E-state index in [1.165, 1.54) is 0 Å². The number of nitrogens with one attached hydrogen (secondary N) is 1. The monoisotopic (exact) mass is 245 g/mol. The van der Waals surface area contributed by atoms with Gasteiger partial charge in [-0.25, -0.2) is 4.79 Å². The largest absolute Gasteiger partial charge is 0.422 e. The predicted molar refractivity (Wildman–Crippen MR) is 69.7 cm³/mol. The first kappa shape index (κ1) is 12.4. The van der Waals surface area contributed by atoms with Crippen LogP contribution in [0.4, 0.5) is 0 Å². The molecule has 1 N–H and O–H groups in total. The van der Waals surface area contributed by atoms with Crippen molar-refractivity contribution in [3.8, 4) is 0 Å². The first-order valence-corrected chi connectivity index (χ1v) is 5.72. The van der Waals surface area contributed by atoms with E-state index in [4.69, 9.17) is 4.42 Å². The fraction of sp³-hybridized carbons (Fsp3) is 0.286. The molecule has 0 atom stereocenters. The van der Waals surface area contributed by atoms with Gasteiger partial charge in [0.1, 0.15) is 11.1 Å². The summed E-state index contributed by atoms with van der Waals surface area (Å²) < 4.78 is 5.11. The zero-order valence-corrected chi connectivity index (χ0v) is 10.6. The van der Waals surface area contributed by atoms with Crippen molar-refractivity contribution in [1.29, 1.82) is 0 Å². The maximum atomic E-state index is 12.0. The van der Waals surface area contributed by atoms with Gasteiger partial charge in [-0.05, 0) is 32.9 Å². The quantitative estimate of drug-likeness (QED) is 0.784. The summed E-state index contributed by atoms with van der Waals surface area (Å²) >= 11 is 0. The molecule has 0 fully saturated rings. The third-order valence-corrected chi connectivity index (χ3v) is 2.37. The van der Waals surface area contributed by atoms with Gasteiger partial charge in [-0.15, -0.1) is 0 Å². The number of rotatable bonds is 1. The number of benzene rings is 1. The average Bonchev–Trinajstić information content (AvgIpc) is 2.25. The minimum absolute atomic E-state index is 0.0311. The number of carbonyl (C=O) groups excluding carboxylic acids is 1. The van der Waals surface area contributed by atoms with Crippen molar-refractivity contribution in [1.82, 2.24) is 5.32 Å². The van der Waals surface area contributed by atoms with E-state index in [-0.39, 0.29) is 5.56 Å². The van der Waals surface area contributed by atoms with Gasteiger partial charge in [-0.3, -0.25) is 4.79 Å². The maximum absolute atomic E-state index is 12.0. The zero-order valence-electron chi connectivity index (χ0n) is 10.6. The Morgan fingerprint density at radius 2 is 1.89 bits per heavy atom. The molecule has 4 heteroatoms. The molecule has 0 aliphatic carbocycles. The van der Waals surface area contributed by atoms with Gasteiger partial charge in [0.15, 0.2) is 0 Å². The van der Waals surface area contributed by atoms with Crippen molar-refractivity contribution < 1.29 is 9.21 Å². The van der Waals surface area contributed by atoms with E-state index in [2.05, 4.69) is 5.32 Å². The van der Waals surface area contributed by atoms with Gasteiger partial charge >= 0.3 is 5.63 Å². The van der Waals surface area contributed by atoms with Crippen LogP contribution in [0.2, 0.25) is 0 Å². The van der Waals surface area contributed by atoms with Crippen molar-refractivity contribution in [3.63, 3.8) is 0 Å². The fourth-order valence-electron chi connectivity index (χ4n) is 1.63. The van der Waals surface area contributed by atoms with Crippen LogP contribution in [0.5, 0.6) is 0 Å². The Labute approximate surface area is 105 Å². The van der Waals surface area contributed by atoms with Crippen LogP contribution in [0.1, 0.15) is 31.1 Å². The van der Waals surface area contributed by atoms with Crippen molar-refractivity contribution in [2.45, 2.75) is 26.3 Å². The lowest BCUT2D eigenvalue weighted by Gasteiger charge is -2.20. The molecular formula is C14H15NO3. The summed E-state index contributed by atoms with van der Waals surface area (Å²) in [7, 11) is 0. The molecule has 0 spiro atoms. The molecule has 4 nitrogen and oxygen atoms in total. The van der Waals surface area contributed by atoms with Crippen LogP contribution in [0, 0.1) is 0 Å². The summed E-state index contributed by atoms with van der Waals surface area (Å²) in [6, 6.07) is 8.66. The minimum Gasteiger partial charge on any atom is -0.422 e. The Kier molecular flexibility index (Phi) is 2.95. The lowest BCUT2D eigenvalue weighted by molar-refractivity contribution is 0.0916. The third kappa shape index (κ3) is 2.59. The number of hydrogen-bond acceptors (Lipinski definition) is 3. The molecule has 0 unspecified atom stereocenters. The number of para-hydroxylation sites is 1. The first-order chi connectivity index (χ1) is 8.37. The number of fused-ring (bicyclic) bond motifs is 1. The van der Waals surface area contributed by atoms with Crippen LogP contribution < -0.4 is 10.9 Å². The average molecular weight is 245 g/mol. The minimum atomic E-state index is -0.615. The molecule has 0 aliphatic heterocycles. The van der Waals surface area contributed by atoms with Crippen LogP contribution in [-0.4, -0.2) is 11.4 Å². The normalized spacial score (nSPS) is 11.5. The summed E-state index contributed by atoms with van der Waals surface area (Å²) in [4.78, 5) is 23.7. The van der Waals surface area contributed by atoms with E-state index < -0.39 is 17.1 Å². The third-order valence-electron chi connectivity index (χ3n) is 2.37. The Morgan fingerprint density at radius 1 is 1.22 bits per heavy atom. The topological polar surface area (TPSA) is 59.3 Å². The Morgan fingerprint density at radius 3 is 2.56 bits per heavy atom. The van der Waals surface area contributed by atoms with Gasteiger partial charge in [-0.1, -0.05) is 18.2 Å². The molecule has 0 bridgehead atoms. The summed E-state index contributed by atoms with van der Waals surface area (Å²) in [6.45, 7) is 5.56. The van der Waals surface area contributed by atoms with Gasteiger partial charge < -0.3 is 9.73 Å². The van der Waals surface area contributed by atoms with E-state index in [1.54, 1.807) is 24.3 Å². The van der Waals surface area contributed by atoms with E-state index in [9.17, 15) is 9.59 Å². The molecule has 1 aromatic heterocycles.